The number of hydrogen-bond acceptors (Lipinski definition) is 6. The van der Waals surface area contributed by atoms with Gasteiger partial charge in [-0.25, -0.2) is 13.4 Å². The van der Waals surface area contributed by atoms with E-state index in [9.17, 15) is 8.42 Å². The van der Waals surface area contributed by atoms with Crippen molar-refractivity contribution in [3.8, 4) is 5.88 Å². The minimum absolute atomic E-state index is 0.0202. The Labute approximate surface area is 133 Å². The fourth-order valence-electron chi connectivity index (χ4n) is 2.39. The number of aromatic nitrogens is 2. The van der Waals surface area contributed by atoms with Gasteiger partial charge in [0, 0.05) is 30.4 Å². The van der Waals surface area contributed by atoms with Crippen molar-refractivity contribution in [2.75, 3.05) is 13.1 Å². The lowest BCUT2D eigenvalue weighted by Gasteiger charge is -2.30. The number of hydrogen-bond donors (Lipinski definition) is 0. The van der Waals surface area contributed by atoms with Gasteiger partial charge in [0.15, 0.2) is 0 Å². The van der Waals surface area contributed by atoms with Crippen LogP contribution in [0.4, 0.5) is 0 Å². The van der Waals surface area contributed by atoms with Gasteiger partial charge in [0.05, 0.1) is 6.20 Å². The van der Waals surface area contributed by atoms with Crippen LogP contribution in [-0.2, 0) is 10.0 Å². The largest absolute Gasteiger partial charge is 0.473 e. The molecule has 0 N–H and O–H groups in total. The molecule has 0 saturated carbocycles. The van der Waals surface area contributed by atoms with Crippen LogP contribution < -0.4 is 4.74 Å². The molecule has 1 aliphatic heterocycles. The minimum Gasteiger partial charge on any atom is -0.473 e. The van der Waals surface area contributed by atoms with Gasteiger partial charge in [0.25, 0.3) is 10.0 Å². The molecule has 0 spiro atoms. The number of aryl methyl sites for hydroxylation is 1. The number of ether oxygens (including phenoxy) is 1. The number of thiophene rings is 1. The Kier molecular flexibility index (Phi) is 4.42. The molecule has 1 saturated heterocycles. The summed E-state index contributed by atoms with van der Waals surface area (Å²) >= 11 is 1.31. The van der Waals surface area contributed by atoms with Gasteiger partial charge in [-0.3, -0.25) is 4.98 Å². The zero-order valence-corrected chi connectivity index (χ0v) is 13.8. The molecule has 0 aromatic carbocycles. The molecule has 0 radical (unpaired) electrons. The average molecular weight is 339 g/mol. The fraction of sp³-hybridized carbons (Fsp3) is 0.429. The number of nitrogens with zero attached hydrogens (tertiary/aromatic N) is 3. The van der Waals surface area contributed by atoms with Gasteiger partial charge in [-0.05, 0) is 31.9 Å². The summed E-state index contributed by atoms with van der Waals surface area (Å²) < 4.78 is 32.8. The van der Waals surface area contributed by atoms with Gasteiger partial charge < -0.3 is 4.74 Å². The molecule has 8 heteroatoms. The number of rotatable bonds is 4. The minimum atomic E-state index is -3.37. The molecule has 0 amide bonds. The first kappa shape index (κ1) is 15.4. The predicted molar refractivity (Wildman–Crippen MR) is 83.5 cm³/mol. The summed E-state index contributed by atoms with van der Waals surface area (Å²) in [6.07, 6.45) is 6.02. The first-order valence-electron chi connectivity index (χ1n) is 7.05. The van der Waals surface area contributed by atoms with Crippen molar-refractivity contribution in [2.24, 2.45) is 0 Å². The molecule has 0 unspecified atom stereocenters. The average Bonchev–Trinajstić information content (AvgIpc) is 2.96. The fourth-order valence-corrected chi connectivity index (χ4v) is 5.29. The maximum atomic E-state index is 12.5. The summed E-state index contributed by atoms with van der Waals surface area (Å²) in [5.74, 6) is 0.484. The van der Waals surface area contributed by atoms with Crippen LogP contribution >= 0.6 is 11.3 Å². The Morgan fingerprint density at radius 2 is 2.05 bits per heavy atom. The molecule has 22 heavy (non-hydrogen) atoms. The summed E-state index contributed by atoms with van der Waals surface area (Å²) in [4.78, 5) is 9.03. The molecule has 3 heterocycles. The van der Waals surface area contributed by atoms with Crippen molar-refractivity contribution in [1.82, 2.24) is 14.3 Å². The maximum absolute atomic E-state index is 12.5. The van der Waals surface area contributed by atoms with E-state index in [0.717, 1.165) is 4.88 Å². The molecule has 3 rings (SSSR count). The van der Waals surface area contributed by atoms with Crippen LogP contribution in [0.2, 0.25) is 0 Å². The molecule has 1 aliphatic rings. The Balaban J connectivity index is 1.62. The van der Waals surface area contributed by atoms with Crippen molar-refractivity contribution in [2.45, 2.75) is 30.1 Å². The maximum Gasteiger partial charge on any atom is 0.252 e. The lowest BCUT2D eigenvalue weighted by atomic mass is 10.1. The van der Waals surface area contributed by atoms with Gasteiger partial charge in [-0.1, -0.05) is 0 Å². The smallest absolute Gasteiger partial charge is 0.252 e. The van der Waals surface area contributed by atoms with E-state index in [4.69, 9.17) is 4.74 Å². The van der Waals surface area contributed by atoms with E-state index in [0.29, 0.717) is 36.0 Å². The third-order valence-corrected chi connectivity index (χ3v) is 6.90. The summed E-state index contributed by atoms with van der Waals surface area (Å²) in [6, 6.07) is 3.51. The van der Waals surface area contributed by atoms with Crippen LogP contribution in [-0.4, -0.2) is 41.9 Å². The van der Waals surface area contributed by atoms with Crippen molar-refractivity contribution in [3.63, 3.8) is 0 Å². The van der Waals surface area contributed by atoms with Crippen LogP contribution in [0.5, 0.6) is 5.88 Å². The first-order valence-corrected chi connectivity index (χ1v) is 9.30. The molecule has 0 bridgehead atoms. The van der Waals surface area contributed by atoms with Crippen LogP contribution in [0.15, 0.2) is 34.9 Å². The molecule has 1 fully saturated rings. The van der Waals surface area contributed by atoms with Crippen molar-refractivity contribution in [1.29, 1.82) is 0 Å². The second kappa shape index (κ2) is 6.31. The van der Waals surface area contributed by atoms with Crippen LogP contribution in [0.1, 0.15) is 17.7 Å². The molecule has 0 aliphatic carbocycles. The molecule has 2 aromatic rings. The Morgan fingerprint density at radius 3 is 2.64 bits per heavy atom. The highest BCUT2D eigenvalue weighted by atomic mass is 32.2. The Hall–Kier alpha value is -1.51. The Morgan fingerprint density at radius 1 is 1.27 bits per heavy atom. The highest BCUT2D eigenvalue weighted by Crippen LogP contribution is 2.27. The van der Waals surface area contributed by atoms with Gasteiger partial charge in [-0.2, -0.15) is 4.31 Å². The van der Waals surface area contributed by atoms with Crippen LogP contribution in [0.3, 0.4) is 0 Å². The summed E-state index contributed by atoms with van der Waals surface area (Å²) in [6.45, 7) is 2.83. The first-order chi connectivity index (χ1) is 10.6. The standard InChI is InChI=1S/C14H17N3O3S2/c1-11-2-3-14(21-11)22(18,19)17-8-4-12(5-9-17)20-13-10-15-6-7-16-13/h2-3,6-7,10,12H,4-5,8-9H2,1H3. The van der Waals surface area contributed by atoms with Gasteiger partial charge in [0.2, 0.25) is 5.88 Å². The van der Waals surface area contributed by atoms with Crippen molar-refractivity contribution >= 4 is 21.4 Å². The third kappa shape index (κ3) is 3.29. The van der Waals surface area contributed by atoms with E-state index in [1.54, 1.807) is 24.7 Å². The zero-order chi connectivity index (χ0) is 15.6. The number of piperidine rings is 1. The zero-order valence-electron chi connectivity index (χ0n) is 12.2. The second-order valence-corrected chi connectivity index (χ2v) is 8.58. The lowest BCUT2D eigenvalue weighted by Crippen LogP contribution is -2.41. The van der Waals surface area contributed by atoms with E-state index in [1.807, 2.05) is 13.0 Å². The molecule has 2 aromatic heterocycles. The summed E-state index contributed by atoms with van der Waals surface area (Å²) in [7, 11) is -3.37. The molecule has 0 atom stereocenters. The van der Waals surface area contributed by atoms with E-state index in [-0.39, 0.29) is 6.10 Å². The van der Waals surface area contributed by atoms with E-state index >= 15 is 0 Å². The highest BCUT2D eigenvalue weighted by Gasteiger charge is 2.31. The second-order valence-electron chi connectivity index (χ2n) is 5.13. The van der Waals surface area contributed by atoms with Crippen LogP contribution in [0.25, 0.3) is 0 Å². The van der Waals surface area contributed by atoms with Gasteiger partial charge in [-0.15, -0.1) is 11.3 Å². The highest BCUT2D eigenvalue weighted by molar-refractivity contribution is 7.91. The molecule has 6 nitrogen and oxygen atoms in total. The summed E-state index contributed by atoms with van der Waals surface area (Å²) in [5, 5.41) is 0. The Bertz CT molecular complexity index is 723. The van der Waals surface area contributed by atoms with E-state index < -0.39 is 10.0 Å². The van der Waals surface area contributed by atoms with E-state index in [1.165, 1.54) is 15.6 Å². The van der Waals surface area contributed by atoms with Gasteiger partial charge in [0.1, 0.15) is 10.3 Å². The number of sulfonamides is 1. The van der Waals surface area contributed by atoms with Crippen molar-refractivity contribution < 1.29 is 13.2 Å². The molecular formula is C14H17N3O3S2. The topological polar surface area (TPSA) is 72.4 Å². The van der Waals surface area contributed by atoms with Crippen molar-refractivity contribution in [3.05, 3.63) is 35.6 Å². The predicted octanol–water partition coefficient (Wildman–Crippen LogP) is 2.08. The monoisotopic (exact) mass is 339 g/mol. The molecular weight excluding hydrogens is 322 g/mol. The van der Waals surface area contributed by atoms with Crippen LogP contribution in [0, 0.1) is 6.92 Å². The van der Waals surface area contributed by atoms with E-state index in [2.05, 4.69) is 9.97 Å². The third-order valence-electron chi connectivity index (χ3n) is 3.54. The molecule has 118 valence electrons. The lowest BCUT2D eigenvalue weighted by molar-refractivity contribution is 0.129. The summed E-state index contributed by atoms with van der Waals surface area (Å²) in [5.41, 5.74) is 0. The quantitative estimate of drug-likeness (QED) is 0.853. The van der Waals surface area contributed by atoms with Gasteiger partial charge >= 0.3 is 0 Å². The SMILES string of the molecule is Cc1ccc(S(=O)(=O)N2CCC(Oc3cnccn3)CC2)s1. The normalized spacial score (nSPS) is 17.5.